The Morgan fingerprint density at radius 2 is 1.76 bits per heavy atom. The lowest BCUT2D eigenvalue weighted by Crippen LogP contribution is -2.41. The average molecular weight is 311 g/mol. The second-order valence-electron chi connectivity index (χ2n) is 6.65. The number of hydrogen-bond acceptors (Lipinski definition) is 2. The third-order valence-electron chi connectivity index (χ3n) is 3.63. The molecule has 0 bridgehead atoms. The number of halogens is 1. The third-order valence-corrected chi connectivity index (χ3v) is 3.88. The number of nitrogens with one attached hydrogen (secondary N) is 1. The fourth-order valence-electron chi connectivity index (χ4n) is 2.82. The summed E-state index contributed by atoms with van der Waals surface area (Å²) >= 11 is 6.01. The van der Waals surface area contributed by atoms with E-state index in [1.165, 1.54) is 18.4 Å². The average Bonchev–Trinajstić information content (AvgIpc) is 2.37. The Kier molecular flexibility index (Phi) is 8.31. The normalized spacial score (nSPS) is 14.7. The van der Waals surface area contributed by atoms with Crippen molar-refractivity contribution in [3.05, 3.63) is 34.9 Å². The molecule has 0 saturated carbocycles. The second-order valence-corrected chi connectivity index (χ2v) is 7.08. The molecule has 0 aliphatic carbocycles. The van der Waals surface area contributed by atoms with Crippen LogP contribution in [0.15, 0.2) is 24.3 Å². The van der Waals surface area contributed by atoms with Gasteiger partial charge in [-0.15, -0.1) is 0 Å². The Morgan fingerprint density at radius 1 is 1.14 bits per heavy atom. The van der Waals surface area contributed by atoms with E-state index in [1.54, 1.807) is 0 Å². The highest BCUT2D eigenvalue weighted by molar-refractivity contribution is 6.30. The summed E-state index contributed by atoms with van der Waals surface area (Å²) in [7, 11) is 4.29. The largest absolute Gasteiger partial charge is 0.308 e. The molecule has 0 radical (unpaired) electrons. The Morgan fingerprint density at radius 3 is 2.24 bits per heavy atom. The highest BCUT2D eigenvalue weighted by atomic mass is 35.5. The van der Waals surface area contributed by atoms with Gasteiger partial charge in [0, 0.05) is 23.7 Å². The van der Waals surface area contributed by atoms with Crippen LogP contribution in [0, 0.1) is 5.92 Å². The Labute approximate surface area is 135 Å². The van der Waals surface area contributed by atoms with Crippen LogP contribution in [-0.2, 0) is 0 Å². The van der Waals surface area contributed by atoms with Gasteiger partial charge >= 0.3 is 0 Å². The lowest BCUT2D eigenvalue weighted by atomic mass is 9.98. The minimum atomic E-state index is 0.413. The van der Waals surface area contributed by atoms with Gasteiger partial charge in [0.25, 0.3) is 0 Å². The molecule has 1 rings (SSSR count). The molecule has 1 aromatic carbocycles. The van der Waals surface area contributed by atoms with Crippen molar-refractivity contribution < 1.29 is 0 Å². The molecule has 21 heavy (non-hydrogen) atoms. The van der Waals surface area contributed by atoms with E-state index in [9.17, 15) is 0 Å². The van der Waals surface area contributed by atoms with Crippen LogP contribution in [-0.4, -0.2) is 31.6 Å². The lowest BCUT2D eigenvalue weighted by Gasteiger charge is -2.29. The number of rotatable bonds is 9. The zero-order chi connectivity index (χ0) is 15.8. The van der Waals surface area contributed by atoms with Crippen LogP contribution >= 0.6 is 11.6 Å². The van der Waals surface area contributed by atoms with Crippen molar-refractivity contribution >= 4 is 11.6 Å². The van der Waals surface area contributed by atoms with E-state index in [-0.39, 0.29) is 0 Å². The van der Waals surface area contributed by atoms with E-state index in [1.807, 2.05) is 12.1 Å². The number of likely N-dealkylation sites (N-methyl/N-ethyl adjacent to an activating group) is 1. The van der Waals surface area contributed by atoms with Gasteiger partial charge in [-0.1, -0.05) is 50.9 Å². The van der Waals surface area contributed by atoms with Crippen LogP contribution in [0.25, 0.3) is 0 Å². The van der Waals surface area contributed by atoms with Crippen molar-refractivity contribution in [2.75, 3.05) is 20.6 Å². The highest BCUT2D eigenvalue weighted by Crippen LogP contribution is 2.22. The minimum Gasteiger partial charge on any atom is -0.308 e. The first kappa shape index (κ1) is 18.5. The van der Waals surface area contributed by atoms with Crippen molar-refractivity contribution in [1.82, 2.24) is 10.2 Å². The van der Waals surface area contributed by atoms with Gasteiger partial charge in [0.2, 0.25) is 0 Å². The lowest BCUT2D eigenvalue weighted by molar-refractivity contribution is 0.281. The van der Waals surface area contributed by atoms with Gasteiger partial charge in [-0.2, -0.15) is 0 Å². The van der Waals surface area contributed by atoms with Crippen LogP contribution in [0.4, 0.5) is 0 Å². The van der Waals surface area contributed by atoms with Gasteiger partial charge in [-0.3, -0.25) is 0 Å². The molecule has 1 N–H and O–H groups in total. The van der Waals surface area contributed by atoms with E-state index in [0.717, 1.165) is 18.0 Å². The molecule has 0 fully saturated rings. The van der Waals surface area contributed by atoms with E-state index in [2.05, 4.69) is 57.2 Å². The highest BCUT2D eigenvalue weighted by Gasteiger charge is 2.18. The summed E-state index contributed by atoms with van der Waals surface area (Å²) in [6.07, 6.45) is 3.53. The van der Waals surface area contributed by atoms with Crippen LogP contribution < -0.4 is 5.32 Å². The van der Waals surface area contributed by atoms with E-state index < -0.39 is 0 Å². The van der Waals surface area contributed by atoms with Crippen molar-refractivity contribution in [3.63, 3.8) is 0 Å². The minimum absolute atomic E-state index is 0.413. The molecule has 2 unspecified atom stereocenters. The number of benzene rings is 1. The van der Waals surface area contributed by atoms with Crippen LogP contribution in [0.2, 0.25) is 5.02 Å². The van der Waals surface area contributed by atoms with Gasteiger partial charge in [-0.25, -0.2) is 0 Å². The van der Waals surface area contributed by atoms with Gasteiger partial charge < -0.3 is 10.2 Å². The van der Waals surface area contributed by atoms with Gasteiger partial charge in [-0.05, 0) is 50.6 Å². The van der Waals surface area contributed by atoms with Crippen LogP contribution in [0.3, 0.4) is 0 Å². The maximum Gasteiger partial charge on any atom is 0.0406 e. The third kappa shape index (κ3) is 7.30. The molecule has 0 aliphatic heterocycles. The van der Waals surface area contributed by atoms with E-state index >= 15 is 0 Å². The van der Waals surface area contributed by atoms with E-state index in [0.29, 0.717) is 18.0 Å². The molecule has 2 nitrogen and oxygen atoms in total. The van der Waals surface area contributed by atoms with Crippen molar-refractivity contribution in [2.45, 2.75) is 52.1 Å². The van der Waals surface area contributed by atoms with Crippen LogP contribution in [0.1, 0.15) is 51.6 Å². The molecule has 0 amide bonds. The SMILES string of the molecule is CCCC(NC(CC(C)C)CN(C)C)c1ccc(Cl)cc1. The summed E-state index contributed by atoms with van der Waals surface area (Å²) in [5.41, 5.74) is 1.34. The quantitative estimate of drug-likeness (QED) is 0.708. The summed E-state index contributed by atoms with van der Waals surface area (Å²) < 4.78 is 0. The summed E-state index contributed by atoms with van der Waals surface area (Å²) in [5.74, 6) is 0.704. The van der Waals surface area contributed by atoms with E-state index in [4.69, 9.17) is 11.6 Å². The molecule has 1 aromatic rings. The predicted molar refractivity (Wildman–Crippen MR) is 94.0 cm³/mol. The monoisotopic (exact) mass is 310 g/mol. The summed E-state index contributed by atoms with van der Waals surface area (Å²) in [6.45, 7) is 7.91. The number of hydrogen-bond donors (Lipinski definition) is 1. The zero-order valence-electron chi connectivity index (χ0n) is 14.2. The standard InChI is InChI=1S/C18H31ClN2/c1-6-7-18(15-8-10-16(19)11-9-15)20-17(12-14(2)3)13-21(4)5/h8-11,14,17-18,20H,6-7,12-13H2,1-5H3. The van der Waals surface area contributed by atoms with Gasteiger partial charge in [0.1, 0.15) is 0 Å². The van der Waals surface area contributed by atoms with Gasteiger partial charge in [0.05, 0.1) is 0 Å². The number of nitrogens with zero attached hydrogens (tertiary/aromatic N) is 1. The molecular formula is C18H31ClN2. The first-order valence-electron chi connectivity index (χ1n) is 8.08. The maximum atomic E-state index is 6.01. The summed E-state index contributed by atoms with van der Waals surface area (Å²) in [5, 5.41) is 4.68. The molecule has 120 valence electrons. The zero-order valence-corrected chi connectivity index (χ0v) is 15.0. The Bertz CT molecular complexity index is 377. The Balaban J connectivity index is 2.79. The van der Waals surface area contributed by atoms with Crippen molar-refractivity contribution in [3.8, 4) is 0 Å². The molecule has 2 atom stereocenters. The smallest absolute Gasteiger partial charge is 0.0406 e. The van der Waals surface area contributed by atoms with Crippen molar-refractivity contribution in [2.24, 2.45) is 5.92 Å². The first-order valence-corrected chi connectivity index (χ1v) is 8.46. The fraction of sp³-hybridized carbons (Fsp3) is 0.667. The molecular weight excluding hydrogens is 280 g/mol. The molecule has 3 heteroatoms. The molecule has 0 spiro atoms. The fourth-order valence-corrected chi connectivity index (χ4v) is 2.95. The molecule has 0 aromatic heterocycles. The molecule has 0 saturated heterocycles. The maximum absolute atomic E-state index is 6.01. The van der Waals surface area contributed by atoms with Crippen LogP contribution in [0.5, 0.6) is 0 Å². The first-order chi connectivity index (χ1) is 9.92. The Hall–Kier alpha value is -0.570. The van der Waals surface area contributed by atoms with Gasteiger partial charge in [0.15, 0.2) is 0 Å². The topological polar surface area (TPSA) is 15.3 Å². The molecule has 0 heterocycles. The second kappa shape index (κ2) is 9.45. The molecule has 0 aliphatic rings. The summed E-state index contributed by atoms with van der Waals surface area (Å²) in [6, 6.07) is 9.22. The predicted octanol–water partition coefficient (Wildman–Crippen LogP) is 4.75. The summed E-state index contributed by atoms with van der Waals surface area (Å²) in [4.78, 5) is 2.27. The van der Waals surface area contributed by atoms with Crippen molar-refractivity contribution in [1.29, 1.82) is 0 Å².